The van der Waals surface area contributed by atoms with E-state index in [-0.39, 0.29) is 18.0 Å². The first kappa shape index (κ1) is 14.8. The summed E-state index contributed by atoms with van der Waals surface area (Å²) in [5.41, 5.74) is 1.64. The summed E-state index contributed by atoms with van der Waals surface area (Å²) in [6.07, 6.45) is 2.72. The lowest BCUT2D eigenvalue weighted by Crippen LogP contribution is -2.03. The summed E-state index contributed by atoms with van der Waals surface area (Å²) < 4.78 is 5.51. The average Bonchev–Trinajstić information content (AvgIpc) is 2.51. The molecule has 0 saturated heterocycles. The standard InChI is InChI=1S/C15H17N3O3/c1-2-8-16-12-7-9-17-13(10-12)11-21-15-6-4-3-5-14(15)18(19)20/h3-7,9-10H,2,8,11H2,1H3,(H,16,17). The van der Waals surface area contributed by atoms with Gasteiger partial charge >= 0.3 is 5.69 Å². The van der Waals surface area contributed by atoms with Crippen LogP contribution in [0, 0.1) is 10.1 Å². The molecule has 0 aliphatic heterocycles. The molecule has 1 N–H and O–H groups in total. The van der Waals surface area contributed by atoms with Gasteiger partial charge in [0.15, 0.2) is 5.75 Å². The molecule has 6 nitrogen and oxygen atoms in total. The quantitative estimate of drug-likeness (QED) is 0.624. The van der Waals surface area contributed by atoms with Crippen LogP contribution in [0.15, 0.2) is 42.6 Å². The molecule has 21 heavy (non-hydrogen) atoms. The summed E-state index contributed by atoms with van der Waals surface area (Å²) in [4.78, 5) is 14.7. The third-order valence-electron chi connectivity index (χ3n) is 2.83. The number of hydrogen-bond acceptors (Lipinski definition) is 5. The number of nitro benzene ring substituents is 1. The van der Waals surface area contributed by atoms with Crippen molar-refractivity contribution in [3.8, 4) is 5.75 Å². The SMILES string of the molecule is CCCNc1ccnc(COc2ccccc2[N+](=O)[O-])c1. The normalized spacial score (nSPS) is 10.1. The van der Waals surface area contributed by atoms with Gasteiger partial charge in [-0.25, -0.2) is 0 Å². The second-order valence-electron chi connectivity index (χ2n) is 4.48. The lowest BCUT2D eigenvalue weighted by molar-refractivity contribution is -0.385. The van der Waals surface area contributed by atoms with Crippen LogP contribution in [0.25, 0.3) is 0 Å². The largest absolute Gasteiger partial charge is 0.480 e. The van der Waals surface area contributed by atoms with Gasteiger partial charge in [0.25, 0.3) is 0 Å². The fourth-order valence-electron chi connectivity index (χ4n) is 1.82. The number of para-hydroxylation sites is 2. The van der Waals surface area contributed by atoms with E-state index in [9.17, 15) is 10.1 Å². The molecule has 0 aliphatic carbocycles. The Labute approximate surface area is 122 Å². The lowest BCUT2D eigenvalue weighted by Gasteiger charge is -2.08. The summed E-state index contributed by atoms with van der Waals surface area (Å²) in [6.45, 7) is 3.16. The van der Waals surface area contributed by atoms with E-state index in [0.29, 0.717) is 5.69 Å². The number of nitro groups is 1. The summed E-state index contributed by atoms with van der Waals surface area (Å²) in [5.74, 6) is 0.247. The van der Waals surface area contributed by atoms with Gasteiger partial charge in [-0.3, -0.25) is 15.1 Å². The Balaban J connectivity index is 2.05. The Morgan fingerprint density at radius 2 is 2.14 bits per heavy atom. The maximum Gasteiger partial charge on any atom is 0.310 e. The minimum Gasteiger partial charge on any atom is -0.480 e. The average molecular weight is 287 g/mol. The minimum atomic E-state index is -0.456. The molecule has 1 aromatic carbocycles. The summed E-state index contributed by atoms with van der Waals surface area (Å²) in [6, 6.07) is 10.1. The second kappa shape index (κ2) is 7.23. The third kappa shape index (κ3) is 4.17. The van der Waals surface area contributed by atoms with Crippen LogP contribution in [0.5, 0.6) is 5.75 Å². The number of aromatic nitrogens is 1. The van der Waals surface area contributed by atoms with Crippen molar-refractivity contribution in [2.45, 2.75) is 20.0 Å². The van der Waals surface area contributed by atoms with E-state index in [4.69, 9.17) is 4.74 Å². The van der Waals surface area contributed by atoms with Gasteiger partial charge in [-0.05, 0) is 24.6 Å². The second-order valence-corrected chi connectivity index (χ2v) is 4.48. The molecule has 6 heteroatoms. The molecular weight excluding hydrogens is 270 g/mol. The van der Waals surface area contributed by atoms with Crippen LogP contribution in [0.4, 0.5) is 11.4 Å². The Hall–Kier alpha value is -2.63. The Morgan fingerprint density at radius 1 is 1.33 bits per heavy atom. The molecule has 0 unspecified atom stereocenters. The van der Waals surface area contributed by atoms with Crippen molar-refractivity contribution in [3.05, 3.63) is 58.4 Å². The molecule has 0 atom stereocenters. The zero-order chi connectivity index (χ0) is 15.1. The number of hydrogen-bond donors (Lipinski definition) is 1. The molecule has 0 fully saturated rings. The number of anilines is 1. The molecule has 0 spiro atoms. The van der Waals surface area contributed by atoms with Crippen LogP contribution in [-0.2, 0) is 6.61 Å². The number of ether oxygens (including phenoxy) is 1. The first-order valence-electron chi connectivity index (χ1n) is 6.75. The maximum absolute atomic E-state index is 10.9. The summed E-state index contributed by atoms with van der Waals surface area (Å²) in [7, 11) is 0. The van der Waals surface area contributed by atoms with E-state index in [1.165, 1.54) is 6.07 Å². The summed E-state index contributed by atoms with van der Waals surface area (Å²) in [5, 5.41) is 14.2. The van der Waals surface area contributed by atoms with Gasteiger partial charge in [-0.15, -0.1) is 0 Å². The van der Waals surface area contributed by atoms with Crippen LogP contribution in [-0.4, -0.2) is 16.5 Å². The van der Waals surface area contributed by atoms with Crippen molar-refractivity contribution < 1.29 is 9.66 Å². The molecule has 110 valence electrons. The molecule has 0 aliphatic rings. The van der Waals surface area contributed by atoms with Gasteiger partial charge < -0.3 is 10.1 Å². The number of benzene rings is 1. The first-order valence-corrected chi connectivity index (χ1v) is 6.75. The highest BCUT2D eigenvalue weighted by Crippen LogP contribution is 2.26. The zero-order valence-corrected chi connectivity index (χ0v) is 11.8. The van der Waals surface area contributed by atoms with E-state index in [1.54, 1.807) is 24.4 Å². The van der Waals surface area contributed by atoms with E-state index < -0.39 is 4.92 Å². The van der Waals surface area contributed by atoms with Crippen molar-refractivity contribution in [2.24, 2.45) is 0 Å². The Bertz CT molecular complexity index is 617. The minimum absolute atomic E-state index is 0.0437. The summed E-state index contributed by atoms with van der Waals surface area (Å²) >= 11 is 0. The van der Waals surface area contributed by atoms with E-state index in [0.717, 1.165) is 18.7 Å². The number of nitrogens with zero attached hydrogens (tertiary/aromatic N) is 2. The fraction of sp³-hybridized carbons (Fsp3) is 0.267. The van der Waals surface area contributed by atoms with Crippen molar-refractivity contribution in [2.75, 3.05) is 11.9 Å². The maximum atomic E-state index is 10.9. The van der Waals surface area contributed by atoms with Crippen LogP contribution >= 0.6 is 0 Å². The topological polar surface area (TPSA) is 77.3 Å². The molecule has 2 rings (SSSR count). The molecule has 1 heterocycles. The van der Waals surface area contributed by atoms with E-state index in [2.05, 4.69) is 17.2 Å². The van der Waals surface area contributed by atoms with Crippen LogP contribution in [0.3, 0.4) is 0 Å². The van der Waals surface area contributed by atoms with Gasteiger partial charge in [0, 0.05) is 24.5 Å². The van der Waals surface area contributed by atoms with E-state index >= 15 is 0 Å². The molecule has 1 aromatic heterocycles. The van der Waals surface area contributed by atoms with Gasteiger partial charge in [0.1, 0.15) is 6.61 Å². The van der Waals surface area contributed by atoms with Crippen molar-refractivity contribution in [1.82, 2.24) is 4.98 Å². The number of rotatable bonds is 7. The van der Waals surface area contributed by atoms with Crippen LogP contribution in [0.2, 0.25) is 0 Å². The Morgan fingerprint density at radius 3 is 2.90 bits per heavy atom. The monoisotopic (exact) mass is 287 g/mol. The molecule has 0 amide bonds. The van der Waals surface area contributed by atoms with Crippen molar-refractivity contribution >= 4 is 11.4 Å². The Kier molecular flexibility index (Phi) is 5.09. The predicted molar refractivity (Wildman–Crippen MR) is 80.4 cm³/mol. The molecule has 0 bridgehead atoms. The molecule has 0 saturated carbocycles. The van der Waals surface area contributed by atoms with Crippen molar-refractivity contribution in [3.63, 3.8) is 0 Å². The highest BCUT2D eigenvalue weighted by molar-refractivity contribution is 5.46. The van der Waals surface area contributed by atoms with Crippen LogP contribution in [0.1, 0.15) is 19.0 Å². The highest BCUT2D eigenvalue weighted by atomic mass is 16.6. The predicted octanol–water partition coefficient (Wildman–Crippen LogP) is 3.39. The van der Waals surface area contributed by atoms with Crippen molar-refractivity contribution in [1.29, 1.82) is 0 Å². The van der Waals surface area contributed by atoms with Crippen LogP contribution < -0.4 is 10.1 Å². The molecule has 2 aromatic rings. The van der Waals surface area contributed by atoms with Gasteiger partial charge in [0.2, 0.25) is 0 Å². The van der Waals surface area contributed by atoms with Gasteiger partial charge in [-0.2, -0.15) is 0 Å². The zero-order valence-electron chi connectivity index (χ0n) is 11.8. The van der Waals surface area contributed by atoms with Gasteiger partial charge in [0.05, 0.1) is 10.6 Å². The highest BCUT2D eigenvalue weighted by Gasteiger charge is 2.13. The lowest BCUT2D eigenvalue weighted by atomic mass is 10.3. The van der Waals surface area contributed by atoms with Gasteiger partial charge in [-0.1, -0.05) is 19.1 Å². The number of pyridine rings is 1. The fourth-order valence-corrected chi connectivity index (χ4v) is 1.82. The van der Waals surface area contributed by atoms with E-state index in [1.807, 2.05) is 12.1 Å². The smallest absolute Gasteiger partial charge is 0.310 e. The third-order valence-corrected chi connectivity index (χ3v) is 2.83. The molecule has 0 radical (unpaired) electrons. The number of nitrogens with one attached hydrogen (secondary N) is 1. The molecular formula is C15H17N3O3. The first-order chi connectivity index (χ1) is 10.2.